The Hall–Kier alpha value is -2.92. The van der Waals surface area contributed by atoms with Gasteiger partial charge in [-0.15, -0.1) is 0 Å². The number of nitrogens with zero attached hydrogens (tertiary/aromatic N) is 2. The lowest BCUT2D eigenvalue weighted by Gasteiger charge is -2.10. The van der Waals surface area contributed by atoms with Crippen molar-refractivity contribution in [2.45, 2.75) is 19.9 Å². The summed E-state index contributed by atoms with van der Waals surface area (Å²) in [7, 11) is 0. The van der Waals surface area contributed by atoms with Gasteiger partial charge in [-0.2, -0.15) is 0 Å². The Balaban J connectivity index is 1.63. The molecule has 26 heavy (non-hydrogen) atoms. The van der Waals surface area contributed by atoms with E-state index < -0.39 is 0 Å². The topological polar surface area (TPSA) is 66.9 Å². The molecule has 1 heterocycles. The van der Waals surface area contributed by atoms with Crippen LogP contribution >= 0.6 is 11.6 Å². The second kappa shape index (κ2) is 8.45. The van der Waals surface area contributed by atoms with Crippen molar-refractivity contribution in [1.82, 2.24) is 15.3 Å². The third-order valence-corrected chi connectivity index (χ3v) is 4.32. The molecule has 0 saturated heterocycles. The molecule has 2 N–H and O–H groups in total. The van der Waals surface area contributed by atoms with Crippen LogP contribution in [0.25, 0.3) is 0 Å². The third-order valence-electron chi connectivity index (χ3n) is 3.96. The normalized spacial score (nSPS) is 10.4. The number of aromatic nitrogens is 2. The Labute approximate surface area is 157 Å². The van der Waals surface area contributed by atoms with E-state index in [2.05, 4.69) is 33.6 Å². The van der Waals surface area contributed by atoms with E-state index in [-0.39, 0.29) is 5.91 Å². The number of hydrogen-bond donors (Lipinski definition) is 2. The third kappa shape index (κ3) is 4.37. The van der Waals surface area contributed by atoms with E-state index in [4.69, 9.17) is 11.6 Å². The van der Waals surface area contributed by atoms with E-state index in [1.807, 2.05) is 36.4 Å². The maximum absolute atomic E-state index is 12.2. The van der Waals surface area contributed by atoms with Crippen molar-refractivity contribution < 1.29 is 4.79 Å². The Morgan fingerprint density at radius 2 is 1.65 bits per heavy atom. The van der Waals surface area contributed by atoms with Crippen LogP contribution in [0.15, 0.2) is 60.9 Å². The van der Waals surface area contributed by atoms with Gasteiger partial charge in [-0.25, -0.2) is 9.97 Å². The van der Waals surface area contributed by atoms with Crippen molar-refractivity contribution in [1.29, 1.82) is 0 Å². The lowest BCUT2D eigenvalue weighted by atomic mass is 10.1. The van der Waals surface area contributed by atoms with Gasteiger partial charge in [-0.05, 0) is 29.7 Å². The number of halogens is 1. The van der Waals surface area contributed by atoms with E-state index in [1.54, 1.807) is 6.07 Å². The van der Waals surface area contributed by atoms with Crippen molar-refractivity contribution in [3.63, 3.8) is 0 Å². The molecule has 0 aliphatic rings. The maximum atomic E-state index is 12.2. The van der Waals surface area contributed by atoms with E-state index >= 15 is 0 Å². The molecule has 1 amide bonds. The minimum atomic E-state index is -0.245. The molecular weight excluding hydrogens is 348 g/mol. The molecule has 1 aromatic heterocycles. The summed E-state index contributed by atoms with van der Waals surface area (Å²) in [6, 6.07) is 15.4. The smallest absolute Gasteiger partial charge is 0.254 e. The first-order chi connectivity index (χ1) is 12.7. The number of rotatable bonds is 6. The van der Waals surface area contributed by atoms with E-state index in [0.717, 1.165) is 17.7 Å². The zero-order valence-electron chi connectivity index (χ0n) is 14.4. The van der Waals surface area contributed by atoms with Gasteiger partial charge in [0.15, 0.2) is 0 Å². The molecular formula is C20H19ClN4O. The van der Waals surface area contributed by atoms with Gasteiger partial charge in [-0.1, -0.05) is 54.9 Å². The van der Waals surface area contributed by atoms with Gasteiger partial charge >= 0.3 is 0 Å². The summed E-state index contributed by atoms with van der Waals surface area (Å²) in [5.41, 5.74) is 3.40. The molecule has 3 aromatic rings. The van der Waals surface area contributed by atoms with Crippen molar-refractivity contribution in [2.75, 3.05) is 5.32 Å². The highest BCUT2D eigenvalue weighted by atomic mass is 35.5. The van der Waals surface area contributed by atoms with E-state index in [0.29, 0.717) is 23.1 Å². The van der Waals surface area contributed by atoms with Crippen molar-refractivity contribution in [3.8, 4) is 0 Å². The Bertz CT molecular complexity index is 896. The molecule has 0 spiro atoms. The summed E-state index contributed by atoms with van der Waals surface area (Å²) >= 11 is 6.09. The second-order valence-corrected chi connectivity index (χ2v) is 6.11. The summed E-state index contributed by atoms with van der Waals surface area (Å²) in [5, 5.41) is 6.63. The number of amides is 1. The number of aryl methyl sites for hydroxylation is 1. The van der Waals surface area contributed by atoms with Gasteiger partial charge in [0.25, 0.3) is 5.91 Å². The Kier molecular flexibility index (Phi) is 5.81. The molecule has 0 unspecified atom stereocenters. The molecule has 0 atom stereocenters. The predicted octanol–water partition coefficient (Wildman–Crippen LogP) is 4.37. The zero-order chi connectivity index (χ0) is 18.4. The minimum absolute atomic E-state index is 0.245. The number of anilines is 2. The average Bonchev–Trinajstić information content (AvgIpc) is 2.68. The lowest BCUT2D eigenvalue weighted by Crippen LogP contribution is -2.23. The number of para-hydroxylation sites is 1. The fraction of sp³-hybridized carbons (Fsp3) is 0.150. The summed E-state index contributed by atoms with van der Waals surface area (Å²) in [4.78, 5) is 20.7. The summed E-state index contributed by atoms with van der Waals surface area (Å²) < 4.78 is 0. The van der Waals surface area contributed by atoms with Crippen LogP contribution in [0.5, 0.6) is 0 Å². The molecule has 0 radical (unpaired) electrons. The quantitative estimate of drug-likeness (QED) is 0.680. The van der Waals surface area contributed by atoms with E-state index in [1.165, 1.54) is 18.0 Å². The second-order valence-electron chi connectivity index (χ2n) is 5.71. The lowest BCUT2D eigenvalue weighted by molar-refractivity contribution is 0.0950. The largest absolute Gasteiger partial charge is 0.348 e. The molecule has 0 fully saturated rings. The summed E-state index contributed by atoms with van der Waals surface area (Å²) in [6.45, 7) is 2.44. The molecule has 0 saturated carbocycles. The fourth-order valence-electron chi connectivity index (χ4n) is 2.50. The highest BCUT2D eigenvalue weighted by Crippen LogP contribution is 2.19. The summed E-state index contributed by atoms with van der Waals surface area (Å²) in [6.07, 6.45) is 3.92. The number of benzene rings is 2. The molecule has 2 aromatic carbocycles. The van der Waals surface area contributed by atoms with Gasteiger partial charge in [0.2, 0.25) is 5.95 Å². The fourth-order valence-corrected chi connectivity index (χ4v) is 2.70. The molecule has 132 valence electrons. The number of carbonyl (C=O) groups is 1. The predicted molar refractivity (Wildman–Crippen MR) is 104 cm³/mol. The van der Waals surface area contributed by atoms with Crippen LogP contribution in [-0.2, 0) is 13.0 Å². The van der Waals surface area contributed by atoms with Gasteiger partial charge in [0.05, 0.1) is 5.56 Å². The van der Waals surface area contributed by atoms with Crippen molar-refractivity contribution in [3.05, 3.63) is 82.6 Å². The average molecular weight is 367 g/mol. The van der Waals surface area contributed by atoms with Gasteiger partial charge in [-0.3, -0.25) is 4.79 Å². The SMILES string of the molecule is CCc1ccccc1Nc1ncc(C(=O)NCc2ccccc2Cl)cn1. The molecule has 0 bridgehead atoms. The van der Waals surface area contributed by atoms with E-state index in [9.17, 15) is 4.79 Å². The molecule has 6 heteroatoms. The van der Waals surface area contributed by atoms with Gasteiger partial charge in [0, 0.05) is 29.6 Å². The number of carbonyl (C=O) groups excluding carboxylic acids is 1. The Morgan fingerprint density at radius 3 is 2.35 bits per heavy atom. The van der Waals surface area contributed by atoms with Crippen molar-refractivity contribution in [2.24, 2.45) is 0 Å². The van der Waals surface area contributed by atoms with Crippen LogP contribution in [0.3, 0.4) is 0 Å². The molecule has 3 rings (SSSR count). The zero-order valence-corrected chi connectivity index (χ0v) is 15.1. The molecule has 0 aliphatic carbocycles. The minimum Gasteiger partial charge on any atom is -0.348 e. The summed E-state index contributed by atoms with van der Waals surface area (Å²) in [5.74, 6) is 0.207. The highest BCUT2D eigenvalue weighted by Gasteiger charge is 2.09. The number of hydrogen-bond acceptors (Lipinski definition) is 4. The van der Waals surface area contributed by atoms with Crippen LogP contribution in [0.4, 0.5) is 11.6 Å². The van der Waals surface area contributed by atoms with Crippen LogP contribution in [0, 0.1) is 0 Å². The van der Waals surface area contributed by atoms with Crippen LogP contribution in [0.1, 0.15) is 28.4 Å². The highest BCUT2D eigenvalue weighted by molar-refractivity contribution is 6.31. The van der Waals surface area contributed by atoms with Crippen LogP contribution in [-0.4, -0.2) is 15.9 Å². The first kappa shape index (κ1) is 17.9. The molecule has 5 nitrogen and oxygen atoms in total. The van der Waals surface area contributed by atoms with Gasteiger partial charge in [0.1, 0.15) is 0 Å². The van der Waals surface area contributed by atoms with Crippen molar-refractivity contribution >= 4 is 29.1 Å². The maximum Gasteiger partial charge on any atom is 0.254 e. The van der Waals surface area contributed by atoms with Crippen LogP contribution in [0.2, 0.25) is 5.02 Å². The first-order valence-corrected chi connectivity index (χ1v) is 8.73. The Morgan fingerprint density at radius 1 is 1.00 bits per heavy atom. The van der Waals surface area contributed by atoms with Crippen LogP contribution < -0.4 is 10.6 Å². The molecule has 0 aliphatic heterocycles. The van der Waals surface area contributed by atoms with Gasteiger partial charge < -0.3 is 10.6 Å². The first-order valence-electron chi connectivity index (χ1n) is 8.36. The monoisotopic (exact) mass is 366 g/mol. The number of nitrogens with one attached hydrogen (secondary N) is 2. The standard InChI is InChI=1S/C20H19ClN4O/c1-2-14-7-4-6-10-18(14)25-20-23-12-16(13-24-20)19(26)22-11-15-8-3-5-9-17(15)21/h3-10,12-13H,2,11H2,1H3,(H,22,26)(H,23,24,25).